The standard InChI is InChI=1S/C15H22N2O2/c1-2-13-6-7-15(19-13)14-12-18-11-10-17(14)9-5-3-4-8-16/h6-7,14H,2-5,9-12H2,1H3/t14-/m0/s1. The summed E-state index contributed by atoms with van der Waals surface area (Å²) < 4.78 is 11.4. The number of rotatable bonds is 6. The molecular weight excluding hydrogens is 240 g/mol. The van der Waals surface area contributed by atoms with E-state index >= 15 is 0 Å². The Bertz CT molecular complexity index is 422. The van der Waals surface area contributed by atoms with Gasteiger partial charge in [0.2, 0.25) is 0 Å². The maximum Gasteiger partial charge on any atom is 0.123 e. The molecule has 0 aliphatic carbocycles. The third-order valence-electron chi connectivity index (χ3n) is 3.58. The second kappa shape index (κ2) is 7.32. The molecule has 19 heavy (non-hydrogen) atoms. The molecule has 4 nitrogen and oxygen atoms in total. The molecule has 0 radical (unpaired) electrons. The van der Waals surface area contributed by atoms with Crippen LogP contribution in [-0.4, -0.2) is 31.2 Å². The first kappa shape index (κ1) is 14.1. The summed E-state index contributed by atoms with van der Waals surface area (Å²) in [5, 5.41) is 8.56. The van der Waals surface area contributed by atoms with E-state index in [2.05, 4.69) is 30.0 Å². The van der Waals surface area contributed by atoms with Gasteiger partial charge in [-0.15, -0.1) is 0 Å². The van der Waals surface area contributed by atoms with Crippen LogP contribution in [0.15, 0.2) is 16.5 Å². The minimum Gasteiger partial charge on any atom is -0.464 e. The number of hydrogen-bond donors (Lipinski definition) is 0. The first-order valence-electron chi connectivity index (χ1n) is 7.12. The molecule has 0 aromatic carbocycles. The lowest BCUT2D eigenvalue weighted by molar-refractivity contribution is -0.0169. The Kier molecular flexibility index (Phi) is 5.44. The van der Waals surface area contributed by atoms with Crippen LogP contribution < -0.4 is 0 Å². The Morgan fingerprint density at radius 2 is 2.32 bits per heavy atom. The molecule has 1 aromatic heterocycles. The molecule has 2 rings (SSSR count). The highest BCUT2D eigenvalue weighted by Gasteiger charge is 2.26. The highest BCUT2D eigenvalue weighted by molar-refractivity contribution is 5.11. The summed E-state index contributed by atoms with van der Waals surface area (Å²) in [6, 6.07) is 6.55. The lowest BCUT2D eigenvalue weighted by atomic mass is 10.1. The van der Waals surface area contributed by atoms with Gasteiger partial charge in [0.25, 0.3) is 0 Å². The van der Waals surface area contributed by atoms with E-state index < -0.39 is 0 Å². The zero-order chi connectivity index (χ0) is 13.5. The molecule has 1 fully saturated rings. The van der Waals surface area contributed by atoms with E-state index in [0.29, 0.717) is 13.0 Å². The molecule has 0 saturated carbocycles. The molecule has 104 valence electrons. The second-order valence-electron chi connectivity index (χ2n) is 4.90. The van der Waals surface area contributed by atoms with E-state index in [9.17, 15) is 0 Å². The Balaban J connectivity index is 1.93. The maximum absolute atomic E-state index is 8.56. The van der Waals surface area contributed by atoms with Gasteiger partial charge in [-0.2, -0.15) is 5.26 Å². The Morgan fingerprint density at radius 3 is 3.05 bits per heavy atom. The monoisotopic (exact) mass is 262 g/mol. The Labute approximate surface area is 115 Å². The predicted octanol–water partition coefficient (Wildman–Crippen LogP) is 2.91. The average Bonchev–Trinajstić information content (AvgIpc) is 2.93. The van der Waals surface area contributed by atoms with Gasteiger partial charge in [0.15, 0.2) is 0 Å². The molecule has 0 spiro atoms. The molecule has 2 heterocycles. The molecule has 1 aliphatic heterocycles. The summed E-state index contributed by atoms with van der Waals surface area (Å²) in [5.74, 6) is 2.04. The van der Waals surface area contributed by atoms with Crippen molar-refractivity contribution >= 4 is 0 Å². The van der Waals surface area contributed by atoms with Crippen molar-refractivity contribution in [1.29, 1.82) is 5.26 Å². The molecule has 0 unspecified atom stereocenters. The fourth-order valence-corrected chi connectivity index (χ4v) is 2.45. The second-order valence-corrected chi connectivity index (χ2v) is 4.90. The quantitative estimate of drug-likeness (QED) is 0.740. The predicted molar refractivity (Wildman–Crippen MR) is 72.7 cm³/mol. The molecule has 0 bridgehead atoms. The fourth-order valence-electron chi connectivity index (χ4n) is 2.45. The van der Waals surface area contributed by atoms with Crippen LogP contribution in [0.4, 0.5) is 0 Å². The van der Waals surface area contributed by atoms with Gasteiger partial charge in [-0.3, -0.25) is 4.90 Å². The van der Waals surface area contributed by atoms with Gasteiger partial charge in [-0.25, -0.2) is 0 Å². The normalized spacial score (nSPS) is 20.3. The van der Waals surface area contributed by atoms with Crippen LogP contribution >= 0.6 is 0 Å². The minimum absolute atomic E-state index is 0.233. The van der Waals surface area contributed by atoms with Crippen LogP contribution in [0.5, 0.6) is 0 Å². The summed E-state index contributed by atoms with van der Waals surface area (Å²) in [6.07, 6.45) is 3.61. The zero-order valence-corrected chi connectivity index (χ0v) is 11.6. The van der Waals surface area contributed by atoms with Crippen molar-refractivity contribution in [2.24, 2.45) is 0 Å². The molecule has 1 saturated heterocycles. The van der Waals surface area contributed by atoms with E-state index in [1.807, 2.05) is 0 Å². The van der Waals surface area contributed by atoms with Crippen molar-refractivity contribution in [3.8, 4) is 6.07 Å². The van der Waals surface area contributed by atoms with E-state index in [1.54, 1.807) is 0 Å². The van der Waals surface area contributed by atoms with Gasteiger partial charge < -0.3 is 9.15 Å². The summed E-state index contributed by atoms with van der Waals surface area (Å²) >= 11 is 0. The van der Waals surface area contributed by atoms with Gasteiger partial charge in [-0.1, -0.05) is 6.92 Å². The topological polar surface area (TPSA) is 49.4 Å². The molecule has 1 aliphatic rings. The SMILES string of the molecule is CCc1ccc([C@@H]2COCCN2CCCCC#N)o1. The van der Waals surface area contributed by atoms with Gasteiger partial charge >= 0.3 is 0 Å². The molecule has 1 aromatic rings. The number of morpholine rings is 1. The van der Waals surface area contributed by atoms with Crippen LogP contribution in [0.25, 0.3) is 0 Å². The summed E-state index contributed by atoms with van der Waals surface area (Å²) in [6.45, 7) is 5.54. The van der Waals surface area contributed by atoms with E-state index in [4.69, 9.17) is 14.4 Å². The van der Waals surface area contributed by atoms with Crippen molar-refractivity contribution in [3.63, 3.8) is 0 Å². The van der Waals surface area contributed by atoms with Gasteiger partial charge in [0.05, 0.1) is 25.3 Å². The van der Waals surface area contributed by atoms with Crippen molar-refractivity contribution in [1.82, 2.24) is 4.90 Å². The molecule has 4 heteroatoms. The Morgan fingerprint density at radius 1 is 1.42 bits per heavy atom. The fraction of sp³-hybridized carbons (Fsp3) is 0.667. The first-order chi connectivity index (χ1) is 9.35. The van der Waals surface area contributed by atoms with E-state index in [1.165, 1.54) is 0 Å². The van der Waals surface area contributed by atoms with Crippen LogP contribution in [0.3, 0.4) is 0 Å². The maximum atomic E-state index is 8.56. The van der Waals surface area contributed by atoms with Crippen LogP contribution in [0.2, 0.25) is 0 Å². The average molecular weight is 262 g/mol. The molecule has 0 N–H and O–H groups in total. The van der Waals surface area contributed by atoms with Crippen molar-refractivity contribution in [2.75, 3.05) is 26.3 Å². The van der Waals surface area contributed by atoms with E-state index in [0.717, 1.165) is 50.5 Å². The van der Waals surface area contributed by atoms with Crippen LogP contribution in [0.1, 0.15) is 43.7 Å². The highest BCUT2D eigenvalue weighted by Crippen LogP contribution is 2.26. The summed E-state index contributed by atoms with van der Waals surface area (Å²) in [4.78, 5) is 2.42. The molecule has 0 amide bonds. The molecular formula is C15H22N2O2. The van der Waals surface area contributed by atoms with Crippen molar-refractivity contribution < 1.29 is 9.15 Å². The van der Waals surface area contributed by atoms with Crippen LogP contribution in [-0.2, 0) is 11.2 Å². The Hall–Kier alpha value is -1.31. The highest BCUT2D eigenvalue weighted by atomic mass is 16.5. The van der Waals surface area contributed by atoms with Crippen LogP contribution in [0, 0.1) is 11.3 Å². The smallest absolute Gasteiger partial charge is 0.123 e. The first-order valence-corrected chi connectivity index (χ1v) is 7.12. The zero-order valence-electron chi connectivity index (χ0n) is 11.6. The third-order valence-corrected chi connectivity index (χ3v) is 3.58. The number of aryl methyl sites for hydroxylation is 1. The number of nitriles is 1. The van der Waals surface area contributed by atoms with Crippen molar-refractivity contribution in [2.45, 2.75) is 38.6 Å². The largest absolute Gasteiger partial charge is 0.464 e. The van der Waals surface area contributed by atoms with Gasteiger partial charge in [0.1, 0.15) is 11.5 Å². The summed E-state index contributed by atoms with van der Waals surface area (Å²) in [5.41, 5.74) is 0. The lowest BCUT2D eigenvalue weighted by Crippen LogP contribution is -2.39. The number of nitrogens with zero attached hydrogens (tertiary/aromatic N) is 2. The van der Waals surface area contributed by atoms with Gasteiger partial charge in [-0.05, 0) is 31.5 Å². The lowest BCUT2D eigenvalue weighted by Gasteiger charge is -2.34. The van der Waals surface area contributed by atoms with E-state index in [-0.39, 0.29) is 6.04 Å². The summed E-state index contributed by atoms with van der Waals surface area (Å²) in [7, 11) is 0. The molecule has 1 atom stereocenters. The number of furan rings is 1. The minimum atomic E-state index is 0.233. The van der Waals surface area contributed by atoms with Gasteiger partial charge in [0, 0.05) is 19.4 Å². The number of hydrogen-bond acceptors (Lipinski definition) is 4. The third kappa shape index (κ3) is 3.82. The number of unbranched alkanes of at least 4 members (excludes halogenated alkanes) is 2. The van der Waals surface area contributed by atoms with Crippen molar-refractivity contribution in [3.05, 3.63) is 23.7 Å². The number of ether oxygens (including phenoxy) is 1.